The zero-order valence-electron chi connectivity index (χ0n) is 18.0. The first-order valence-corrected chi connectivity index (χ1v) is 11.0. The lowest BCUT2D eigenvalue weighted by Crippen LogP contribution is -2.59. The van der Waals surface area contributed by atoms with E-state index in [1.54, 1.807) is 6.92 Å². The summed E-state index contributed by atoms with van der Waals surface area (Å²) in [6, 6.07) is 0. The number of esters is 1. The van der Waals surface area contributed by atoms with E-state index in [1.807, 2.05) is 6.08 Å². The average molecular weight is 387 g/mol. The first-order valence-electron chi connectivity index (χ1n) is 11.0. The fourth-order valence-corrected chi connectivity index (χ4v) is 8.05. The van der Waals surface area contributed by atoms with Crippen molar-refractivity contribution in [1.29, 1.82) is 0 Å². The summed E-state index contributed by atoms with van der Waals surface area (Å²) < 4.78 is 5.84. The molecule has 4 aliphatic carbocycles. The Kier molecular flexibility index (Phi) is 4.45. The largest absolute Gasteiger partial charge is 0.451 e. The molecule has 3 saturated carbocycles. The molecule has 0 radical (unpaired) electrons. The lowest BCUT2D eigenvalue weighted by atomic mass is 9.44. The van der Waals surface area contributed by atoms with Crippen LogP contribution in [0.4, 0.5) is 0 Å². The van der Waals surface area contributed by atoms with Crippen LogP contribution in [0, 0.1) is 34.5 Å². The highest BCUT2D eigenvalue weighted by Crippen LogP contribution is 2.69. The van der Waals surface area contributed by atoms with E-state index in [2.05, 4.69) is 20.8 Å². The summed E-state index contributed by atoms with van der Waals surface area (Å²) in [7, 11) is 0. The van der Waals surface area contributed by atoms with Crippen molar-refractivity contribution in [2.75, 3.05) is 0 Å². The SMILES string of the molecule is CC(=O)O[C@]1(C(C)=O)CCC2[C@@H]3C[C@H](C)C4=CC(=O)CCC4(C)C3CCC21C. The molecule has 0 aromatic rings. The number of fused-ring (bicyclic) bond motifs is 5. The number of hydrogen-bond acceptors (Lipinski definition) is 4. The third-order valence-electron chi connectivity index (χ3n) is 9.29. The summed E-state index contributed by atoms with van der Waals surface area (Å²) in [6.45, 7) is 9.87. The van der Waals surface area contributed by atoms with Crippen LogP contribution in [-0.2, 0) is 19.1 Å². The van der Waals surface area contributed by atoms with Crippen molar-refractivity contribution in [1.82, 2.24) is 0 Å². The van der Waals surface area contributed by atoms with Crippen molar-refractivity contribution in [3.63, 3.8) is 0 Å². The standard InChI is InChI=1S/C24H34O4/c1-14-12-18-19(22(4)9-6-17(27)13-21(14)22)7-10-23(5)20(18)8-11-24(23,15(2)25)28-16(3)26/h13-14,18-20H,6-12H2,1-5H3/t14-,18+,19?,20?,22?,23?,24-/m0/s1. The Balaban J connectivity index is 1.73. The Labute approximate surface area is 168 Å². The maximum atomic E-state index is 12.8. The topological polar surface area (TPSA) is 60.4 Å². The van der Waals surface area contributed by atoms with Crippen molar-refractivity contribution < 1.29 is 19.1 Å². The van der Waals surface area contributed by atoms with Crippen LogP contribution in [-0.4, -0.2) is 23.1 Å². The van der Waals surface area contributed by atoms with Crippen LogP contribution in [0.15, 0.2) is 11.6 Å². The maximum Gasteiger partial charge on any atom is 0.303 e. The molecule has 4 nitrogen and oxygen atoms in total. The van der Waals surface area contributed by atoms with Crippen LogP contribution in [0.25, 0.3) is 0 Å². The molecule has 4 heteroatoms. The monoisotopic (exact) mass is 386 g/mol. The fraction of sp³-hybridized carbons (Fsp3) is 0.792. The molecule has 4 rings (SSSR count). The average Bonchev–Trinajstić information content (AvgIpc) is 2.90. The third-order valence-corrected chi connectivity index (χ3v) is 9.29. The van der Waals surface area contributed by atoms with E-state index in [-0.39, 0.29) is 28.4 Å². The predicted molar refractivity (Wildman–Crippen MR) is 106 cm³/mol. The van der Waals surface area contributed by atoms with Crippen molar-refractivity contribution in [2.24, 2.45) is 34.5 Å². The number of rotatable bonds is 2. The van der Waals surface area contributed by atoms with Crippen LogP contribution >= 0.6 is 0 Å². The van der Waals surface area contributed by atoms with Crippen LogP contribution in [0.1, 0.15) is 79.6 Å². The van der Waals surface area contributed by atoms with Gasteiger partial charge in [-0.2, -0.15) is 0 Å². The van der Waals surface area contributed by atoms with Crippen LogP contribution in [0.3, 0.4) is 0 Å². The van der Waals surface area contributed by atoms with Gasteiger partial charge in [-0.15, -0.1) is 0 Å². The zero-order chi connectivity index (χ0) is 20.5. The Morgan fingerprint density at radius 2 is 1.75 bits per heavy atom. The first kappa shape index (κ1) is 19.8. The summed E-state index contributed by atoms with van der Waals surface area (Å²) in [6.07, 6.45) is 8.19. The summed E-state index contributed by atoms with van der Waals surface area (Å²) >= 11 is 0. The molecule has 0 aliphatic heterocycles. The fourth-order valence-electron chi connectivity index (χ4n) is 8.05. The second-order valence-electron chi connectivity index (χ2n) is 10.5. The number of allylic oxidation sites excluding steroid dienone is 1. The molecule has 7 atom stereocenters. The molecule has 0 amide bonds. The van der Waals surface area contributed by atoms with E-state index in [0.717, 1.165) is 32.1 Å². The second-order valence-corrected chi connectivity index (χ2v) is 10.5. The molecule has 0 aromatic carbocycles. The minimum Gasteiger partial charge on any atom is -0.451 e. The molecular weight excluding hydrogens is 352 g/mol. The highest BCUT2D eigenvalue weighted by atomic mass is 16.6. The van der Waals surface area contributed by atoms with Gasteiger partial charge >= 0.3 is 5.97 Å². The summed E-state index contributed by atoms with van der Waals surface area (Å²) in [5, 5.41) is 0. The Bertz CT molecular complexity index is 767. The van der Waals surface area contributed by atoms with Gasteiger partial charge in [0.15, 0.2) is 17.2 Å². The Morgan fingerprint density at radius 1 is 1.07 bits per heavy atom. The van der Waals surface area contributed by atoms with Gasteiger partial charge in [-0.1, -0.05) is 26.3 Å². The normalized spacial score (nSPS) is 47.5. The molecule has 0 aromatic heterocycles. The van der Waals surface area contributed by atoms with Gasteiger partial charge in [0.2, 0.25) is 0 Å². The van der Waals surface area contributed by atoms with E-state index in [0.29, 0.717) is 36.5 Å². The van der Waals surface area contributed by atoms with Crippen molar-refractivity contribution in [3.05, 3.63) is 11.6 Å². The minimum atomic E-state index is -0.961. The third kappa shape index (κ3) is 2.45. The lowest BCUT2D eigenvalue weighted by molar-refractivity contribution is -0.187. The summed E-state index contributed by atoms with van der Waals surface area (Å²) in [5.74, 6) is 1.82. The van der Waals surface area contributed by atoms with Crippen molar-refractivity contribution in [3.8, 4) is 0 Å². The van der Waals surface area contributed by atoms with Gasteiger partial charge < -0.3 is 4.74 Å². The van der Waals surface area contributed by atoms with E-state index in [9.17, 15) is 14.4 Å². The van der Waals surface area contributed by atoms with Gasteiger partial charge in [-0.05, 0) is 80.6 Å². The highest BCUT2D eigenvalue weighted by molar-refractivity contribution is 5.92. The molecule has 0 saturated heterocycles. The number of hydrogen-bond donors (Lipinski definition) is 0. The molecule has 4 aliphatic rings. The zero-order valence-corrected chi connectivity index (χ0v) is 18.0. The van der Waals surface area contributed by atoms with Gasteiger partial charge in [0, 0.05) is 18.8 Å². The van der Waals surface area contributed by atoms with Gasteiger partial charge in [-0.25, -0.2) is 0 Å². The lowest BCUT2D eigenvalue weighted by Gasteiger charge is -2.60. The summed E-state index contributed by atoms with van der Waals surface area (Å²) in [4.78, 5) is 36.8. The van der Waals surface area contributed by atoms with Crippen LogP contribution in [0.2, 0.25) is 0 Å². The van der Waals surface area contributed by atoms with Gasteiger partial charge in [0.25, 0.3) is 0 Å². The number of carbonyl (C=O) groups is 3. The Morgan fingerprint density at radius 3 is 2.39 bits per heavy atom. The van der Waals surface area contributed by atoms with E-state index in [4.69, 9.17) is 4.74 Å². The molecule has 3 fully saturated rings. The second kappa shape index (κ2) is 6.27. The molecule has 4 unspecified atom stereocenters. The Hall–Kier alpha value is -1.45. The molecule has 154 valence electrons. The molecule has 0 N–H and O–H groups in total. The van der Waals surface area contributed by atoms with E-state index >= 15 is 0 Å². The number of ether oxygens (including phenoxy) is 1. The van der Waals surface area contributed by atoms with Crippen molar-refractivity contribution >= 4 is 17.5 Å². The van der Waals surface area contributed by atoms with Crippen molar-refractivity contribution in [2.45, 2.75) is 85.2 Å². The summed E-state index contributed by atoms with van der Waals surface area (Å²) in [5.41, 5.74) is 0.218. The smallest absolute Gasteiger partial charge is 0.303 e. The van der Waals surface area contributed by atoms with Gasteiger partial charge in [-0.3, -0.25) is 14.4 Å². The van der Waals surface area contributed by atoms with Gasteiger partial charge in [0.1, 0.15) is 0 Å². The predicted octanol–water partition coefficient (Wildman–Crippen LogP) is 4.66. The maximum absolute atomic E-state index is 12.8. The van der Waals surface area contributed by atoms with Crippen LogP contribution in [0.5, 0.6) is 0 Å². The van der Waals surface area contributed by atoms with E-state index in [1.165, 1.54) is 12.5 Å². The molecular formula is C24H34O4. The number of Topliss-reactive ketones (excluding diaryl/α,β-unsaturated/α-hetero) is 1. The van der Waals surface area contributed by atoms with Gasteiger partial charge in [0.05, 0.1) is 0 Å². The molecule has 0 bridgehead atoms. The number of ketones is 2. The molecule has 28 heavy (non-hydrogen) atoms. The first-order chi connectivity index (χ1) is 13.0. The molecule has 0 spiro atoms. The molecule has 0 heterocycles. The van der Waals surface area contributed by atoms with Crippen LogP contribution < -0.4 is 0 Å². The highest BCUT2D eigenvalue weighted by Gasteiger charge is 2.68. The minimum absolute atomic E-state index is 0.00469. The number of carbonyl (C=O) groups excluding carboxylic acids is 3. The van der Waals surface area contributed by atoms with E-state index < -0.39 is 5.60 Å². The quantitative estimate of drug-likeness (QED) is 0.648.